The SMILES string of the molecule is CC(C)CN(CCOCc1ccccc1)C(=O)N[C@H](C=O)Cc1ccccc1. The number of hydrogen-bond acceptors (Lipinski definition) is 3. The van der Waals surface area contributed by atoms with E-state index in [0.29, 0.717) is 38.6 Å². The number of urea groups is 1. The van der Waals surface area contributed by atoms with Crippen molar-refractivity contribution in [2.75, 3.05) is 19.7 Å². The molecule has 28 heavy (non-hydrogen) atoms. The molecule has 2 aromatic rings. The molecule has 0 spiro atoms. The van der Waals surface area contributed by atoms with E-state index in [1.165, 1.54) is 0 Å². The van der Waals surface area contributed by atoms with Crippen LogP contribution in [0.4, 0.5) is 4.79 Å². The maximum Gasteiger partial charge on any atom is 0.318 e. The smallest absolute Gasteiger partial charge is 0.318 e. The lowest BCUT2D eigenvalue weighted by atomic mass is 10.1. The third-order valence-electron chi connectivity index (χ3n) is 4.26. The van der Waals surface area contributed by atoms with Crippen molar-refractivity contribution in [1.82, 2.24) is 10.2 Å². The van der Waals surface area contributed by atoms with Crippen molar-refractivity contribution in [3.63, 3.8) is 0 Å². The van der Waals surface area contributed by atoms with Crippen molar-refractivity contribution >= 4 is 12.3 Å². The predicted molar refractivity (Wildman–Crippen MR) is 111 cm³/mol. The van der Waals surface area contributed by atoms with E-state index < -0.39 is 6.04 Å². The van der Waals surface area contributed by atoms with Crippen LogP contribution in [0.25, 0.3) is 0 Å². The van der Waals surface area contributed by atoms with Gasteiger partial charge in [0.15, 0.2) is 0 Å². The monoisotopic (exact) mass is 382 g/mol. The molecule has 150 valence electrons. The number of carbonyl (C=O) groups is 2. The molecule has 0 bridgehead atoms. The van der Waals surface area contributed by atoms with Crippen molar-refractivity contribution in [3.8, 4) is 0 Å². The molecule has 2 aromatic carbocycles. The Hall–Kier alpha value is -2.66. The van der Waals surface area contributed by atoms with Gasteiger partial charge in [-0.15, -0.1) is 0 Å². The molecule has 5 heteroatoms. The normalized spacial score (nSPS) is 11.8. The summed E-state index contributed by atoms with van der Waals surface area (Å²) in [7, 11) is 0. The second-order valence-corrected chi connectivity index (χ2v) is 7.26. The predicted octanol–water partition coefficient (Wildman–Crippen LogP) is 3.68. The summed E-state index contributed by atoms with van der Waals surface area (Å²) in [6, 6.07) is 18.8. The molecule has 0 radical (unpaired) electrons. The summed E-state index contributed by atoms with van der Waals surface area (Å²) in [4.78, 5) is 25.9. The summed E-state index contributed by atoms with van der Waals surface area (Å²) in [5.74, 6) is 0.323. The van der Waals surface area contributed by atoms with Gasteiger partial charge in [0.1, 0.15) is 6.29 Å². The first-order valence-corrected chi connectivity index (χ1v) is 9.74. The minimum atomic E-state index is -0.546. The summed E-state index contributed by atoms with van der Waals surface area (Å²) < 4.78 is 5.72. The number of carbonyl (C=O) groups excluding carboxylic acids is 2. The molecule has 0 aliphatic rings. The first-order chi connectivity index (χ1) is 13.6. The number of amides is 2. The first kappa shape index (κ1) is 21.6. The summed E-state index contributed by atoms with van der Waals surface area (Å²) >= 11 is 0. The standard InChI is InChI=1S/C23H30N2O3/c1-19(2)16-25(13-14-28-18-21-11-7-4-8-12-21)23(27)24-22(17-26)15-20-9-5-3-6-10-20/h3-12,17,19,22H,13-16,18H2,1-2H3,(H,24,27)/t22-/m0/s1. The number of ether oxygens (including phenoxy) is 1. The zero-order valence-electron chi connectivity index (χ0n) is 16.7. The number of benzene rings is 2. The number of hydrogen-bond donors (Lipinski definition) is 1. The second-order valence-electron chi connectivity index (χ2n) is 7.26. The minimum Gasteiger partial charge on any atom is -0.375 e. The van der Waals surface area contributed by atoms with E-state index >= 15 is 0 Å². The molecule has 5 nitrogen and oxygen atoms in total. The molecular formula is C23H30N2O3. The van der Waals surface area contributed by atoms with E-state index in [9.17, 15) is 9.59 Å². The molecule has 0 aliphatic heterocycles. The highest BCUT2D eigenvalue weighted by Gasteiger charge is 2.19. The molecule has 1 N–H and O–H groups in total. The average molecular weight is 383 g/mol. The van der Waals surface area contributed by atoms with Crippen LogP contribution in [-0.2, 0) is 22.6 Å². The van der Waals surface area contributed by atoms with Crippen LogP contribution >= 0.6 is 0 Å². The molecule has 2 amide bonds. The third kappa shape index (κ3) is 7.92. The van der Waals surface area contributed by atoms with E-state index in [-0.39, 0.29) is 6.03 Å². The van der Waals surface area contributed by atoms with E-state index in [1.807, 2.05) is 60.7 Å². The summed E-state index contributed by atoms with van der Waals surface area (Å²) in [5.41, 5.74) is 2.12. The first-order valence-electron chi connectivity index (χ1n) is 9.74. The van der Waals surface area contributed by atoms with Gasteiger partial charge in [0.05, 0.1) is 19.3 Å². The Kier molecular flexibility index (Phi) is 9.22. The maximum absolute atomic E-state index is 12.7. The highest BCUT2D eigenvalue weighted by atomic mass is 16.5. The number of nitrogens with zero attached hydrogens (tertiary/aromatic N) is 1. The Balaban J connectivity index is 1.85. The van der Waals surface area contributed by atoms with Gasteiger partial charge in [0, 0.05) is 13.1 Å². The second kappa shape index (κ2) is 11.9. The van der Waals surface area contributed by atoms with Gasteiger partial charge in [-0.05, 0) is 23.5 Å². The lowest BCUT2D eigenvalue weighted by Crippen LogP contribution is -2.48. The van der Waals surface area contributed by atoms with Crippen LogP contribution in [0.1, 0.15) is 25.0 Å². The Labute approximate surface area is 167 Å². The summed E-state index contributed by atoms with van der Waals surface area (Å²) in [6.45, 7) is 6.17. The van der Waals surface area contributed by atoms with Crippen LogP contribution in [0.5, 0.6) is 0 Å². The maximum atomic E-state index is 12.7. The molecule has 0 fully saturated rings. The Morgan fingerprint density at radius 1 is 1.04 bits per heavy atom. The molecule has 0 aromatic heterocycles. The fraction of sp³-hybridized carbons (Fsp3) is 0.391. The van der Waals surface area contributed by atoms with E-state index in [1.54, 1.807) is 4.90 Å². The van der Waals surface area contributed by atoms with Gasteiger partial charge in [0.25, 0.3) is 0 Å². The Bertz CT molecular complexity index is 704. The van der Waals surface area contributed by atoms with Crippen molar-refractivity contribution < 1.29 is 14.3 Å². The lowest BCUT2D eigenvalue weighted by Gasteiger charge is -2.26. The molecule has 0 saturated heterocycles. The van der Waals surface area contributed by atoms with Crippen LogP contribution in [0.15, 0.2) is 60.7 Å². The van der Waals surface area contributed by atoms with Gasteiger partial charge in [-0.2, -0.15) is 0 Å². The van der Waals surface area contributed by atoms with Gasteiger partial charge < -0.3 is 19.7 Å². The van der Waals surface area contributed by atoms with Crippen LogP contribution in [0, 0.1) is 5.92 Å². The highest BCUT2D eigenvalue weighted by Crippen LogP contribution is 2.05. The van der Waals surface area contributed by atoms with E-state index in [4.69, 9.17) is 4.74 Å². The van der Waals surface area contributed by atoms with Gasteiger partial charge in [-0.1, -0.05) is 74.5 Å². The minimum absolute atomic E-state index is 0.231. The van der Waals surface area contributed by atoms with Crippen molar-refractivity contribution in [1.29, 1.82) is 0 Å². The van der Waals surface area contributed by atoms with Crippen molar-refractivity contribution in [2.45, 2.75) is 32.9 Å². The van der Waals surface area contributed by atoms with Gasteiger partial charge in [-0.25, -0.2) is 4.79 Å². The zero-order valence-corrected chi connectivity index (χ0v) is 16.7. The van der Waals surface area contributed by atoms with E-state index in [2.05, 4.69) is 19.2 Å². The van der Waals surface area contributed by atoms with Gasteiger partial charge in [-0.3, -0.25) is 0 Å². The quantitative estimate of drug-likeness (QED) is 0.476. The molecule has 0 saturated carbocycles. The topological polar surface area (TPSA) is 58.6 Å². The zero-order chi connectivity index (χ0) is 20.2. The van der Waals surface area contributed by atoms with Crippen LogP contribution < -0.4 is 5.32 Å². The number of aldehydes is 1. The molecular weight excluding hydrogens is 352 g/mol. The molecule has 0 heterocycles. The van der Waals surface area contributed by atoms with Crippen LogP contribution in [0.3, 0.4) is 0 Å². The molecule has 0 unspecified atom stereocenters. The molecule has 1 atom stereocenters. The van der Waals surface area contributed by atoms with Crippen molar-refractivity contribution in [3.05, 3.63) is 71.8 Å². The van der Waals surface area contributed by atoms with Crippen molar-refractivity contribution in [2.24, 2.45) is 5.92 Å². The Morgan fingerprint density at radius 3 is 2.21 bits per heavy atom. The summed E-state index contributed by atoms with van der Waals surface area (Å²) in [5, 5.41) is 2.84. The fourth-order valence-corrected chi connectivity index (χ4v) is 2.91. The van der Waals surface area contributed by atoms with Gasteiger partial charge in [0.2, 0.25) is 0 Å². The largest absolute Gasteiger partial charge is 0.375 e. The highest BCUT2D eigenvalue weighted by molar-refractivity contribution is 5.78. The lowest BCUT2D eigenvalue weighted by molar-refractivity contribution is -0.109. The van der Waals surface area contributed by atoms with Gasteiger partial charge >= 0.3 is 6.03 Å². The Morgan fingerprint density at radius 2 is 1.64 bits per heavy atom. The van der Waals surface area contributed by atoms with Crippen LogP contribution in [0.2, 0.25) is 0 Å². The average Bonchev–Trinajstić information content (AvgIpc) is 2.71. The molecule has 0 aliphatic carbocycles. The molecule has 2 rings (SSSR count). The number of nitrogens with one attached hydrogen (secondary N) is 1. The fourth-order valence-electron chi connectivity index (χ4n) is 2.91. The third-order valence-corrected chi connectivity index (χ3v) is 4.26. The summed E-state index contributed by atoms with van der Waals surface area (Å²) in [6.07, 6.45) is 1.28. The number of rotatable bonds is 11. The van der Waals surface area contributed by atoms with Crippen LogP contribution in [-0.4, -0.2) is 43.0 Å². The van der Waals surface area contributed by atoms with E-state index in [0.717, 1.165) is 17.4 Å².